The number of nitrogens with zero attached hydrogens (tertiary/aromatic N) is 3. The Morgan fingerprint density at radius 1 is 1.70 bits per heavy atom. The van der Waals surface area contributed by atoms with Crippen LogP contribution in [0.2, 0.25) is 0 Å². The predicted molar refractivity (Wildman–Crippen MR) is 42.2 cm³/mol. The molecule has 0 saturated heterocycles. The highest BCUT2D eigenvalue weighted by Gasteiger charge is 1.81. The molecule has 0 amide bonds. The van der Waals surface area contributed by atoms with Gasteiger partial charge in [-0.15, -0.1) is 17.5 Å². The molecule has 1 heterocycles. The largest absolute Gasteiger partial charge is 0.386 e. The standard InChI is InChI=1S/C5H8N4.ClH/c1-5(6)8-9-4-2-3-7-9;/h2-4H,1H3,(H2,6,8);1H. The van der Waals surface area contributed by atoms with E-state index >= 15 is 0 Å². The fraction of sp³-hybridized carbons (Fsp3) is 0.200. The lowest BCUT2D eigenvalue weighted by Crippen LogP contribution is -2.08. The maximum atomic E-state index is 5.27. The van der Waals surface area contributed by atoms with Crippen LogP contribution in [0.3, 0.4) is 0 Å². The molecule has 56 valence electrons. The molecule has 1 rings (SSSR count). The summed E-state index contributed by atoms with van der Waals surface area (Å²) < 4.78 is 0. The number of hydrogen-bond acceptors (Lipinski definition) is 2. The maximum Gasteiger partial charge on any atom is 0.119 e. The van der Waals surface area contributed by atoms with Gasteiger partial charge in [0.15, 0.2) is 0 Å². The van der Waals surface area contributed by atoms with E-state index in [0.717, 1.165) is 0 Å². The van der Waals surface area contributed by atoms with Crippen LogP contribution in [0.1, 0.15) is 6.92 Å². The Balaban J connectivity index is 0.000000810. The zero-order chi connectivity index (χ0) is 6.69. The fourth-order valence-electron chi connectivity index (χ4n) is 0.482. The second kappa shape index (κ2) is 3.90. The summed E-state index contributed by atoms with van der Waals surface area (Å²) in [5.41, 5.74) is 5.27. The highest BCUT2D eigenvalue weighted by atomic mass is 35.5. The van der Waals surface area contributed by atoms with Gasteiger partial charge in [-0.2, -0.15) is 9.89 Å². The first-order valence-corrected chi connectivity index (χ1v) is 2.60. The molecule has 0 bridgehead atoms. The number of rotatable bonds is 1. The number of aromatic nitrogens is 2. The van der Waals surface area contributed by atoms with Crippen molar-refractivity contribution in [1.29, 1.82) is 0 Å². The number of hydrogen-bond donors (Lipinski definition) is 1. The van der Waals surface area contributed by atoms with Crippen molar-refractivity contribution in [3.05, 3.63) is 18.5 Å². The number of amidine groups is 1. The molecule has 0 aliphatic carbocycles. The molecular weight excluding hydrogens is 152 g/mol. The molecule has 1 aromatic heterocycles. The summed E-state index contributed by atoms with van der Waals surface area (Å²) in [7, 11) is 0. The Kier molecular flexibility index (Phi) is 3.49. The summed E-state index contributed by atoms with van der Waals surface area (Å²) in [5.74, 6) is 0.499. The van der Waals surface area contributed by atoms with E-state index in [1.54, 1.807) is 25.4 Å². The Bertz CT molecular complexity index is 199. The normalized spacial score (nSPS) is 10.7. The fourth-order valence-corrected chi connectivity index (χ4v) is 0.482. The average molecular weight is 161 g/mol. The first-order valence-electron chi connectivity index (χ1n) is 2.60. The second-order valence-corrected chi connectivity index (χ2v) is 1.67. The molecule has 0 spiro atoms. The number of nitrogens with two attached hydrogens (primary N) is 1. The van der Waals surface area contributed by atoms with Gasteiger partial charge < -0.3 is 5.73 Å². The van der Waals surface area contributed by atoms with Crippen molar-refractivity contribution in [1.82, 2.24) is 9.89 Å². The van der Waals surface area contributed by atoms with Gasteiger partial charge in [-0.1, -0.05) is 0 Å². The van der Waals surface area contributed by atoms with Gasteiger partial charge >= 0.3 is 0 Å². The van der Waals surface area contributed by atoms with Crippen molar-refractivity contribution >= 4 is 18.2 Å². The molecule has 4 nitrogen and oxygen atoms in total. The van der Waals surface area contributed by atoms with E-state index in [1.165, 1.54) is 4.79 Å². The maximum absolute atomic E-state index is 5.27. The minimum atomic E-state index is 0. The molecule has 0 unspecified atom stereocenters. The highest BCUT2D eigenvalue weighted by molar-refractivity contribution is 5.85. The molecule has 0 saturated carbocycles. The molecule has 0 aromatic carbocycles. The zero-order valence-corrected chi connectivity index (χ0v) is 6.38. The lowest BCUT2D eigenvalue weighted by atomic mass is 10.7. The smallest absolute Gasteiger partial charge is 0.119 e. The van der Waals surface area contributed by atoms with Gasteiger partial charge in [0, 0.05) is 0 Å². The molecule has 0 radical (unpaired) electrons. The van der Waals surface area contributed by atoms with E-state index in [9.17, 15) is 0 Å². The van der Waals surface area contributed by atoms with Gasteiger partial charge in [0.05, 0.1) is 12.4 Å². The SMILES string of the molecule is C/C(N)=N\n1cccn1.Cl. The lowest BCUT2D eigenvalue weighted by Gasteiger charge is -1.89. The Morgan fingerprint density at radius 2 is 2.40 bits per heavy atom. The van der Waals surface area contributed by atoms with Crippen molar-refractivity contribution in [2.24, 2.45) is 10.8 Å². The van der Waals surface area contributed by atoms with Gasteiger partial charge in [0.2, 0.25) is 0 Å². The van der Waals surface area contributed by atoms with Crippen molar-refractivity contribution in [2.75, 3.05) is 0 Å². The molecule has 0 fully saturated rings. The second-order valence-electron chi connectivity index (χ2n) is 1.67. The van der Waals surface area contributed by atoms with Crippen LogP contribution in [0, 0.1) is 0 Å². The van der Waals surface area contributed by atoms with E-state index in [4.69, 9.17) is 5.73 Å². The van der Waals surface area contributed by atoms with Crippen molar-refractivity contribution in [3.63, 3.8) is 0 Å². The molecule has 1 aromatic rings. The van der Waals surface area contributed by atoms with E-state index in [1.807, 2.05) is 0 Å². The van der Waals surface area contributed by atoms with Crippen LogP contribution < -0.4 is 5.73 Å². The first kappa shape index (κ1) is 8.97. The Labute approximate surface area is 65.1 Å². The van der Waals surface area contributed by atoms with E-state index < -0.39 is 0 Å². The summed E-state index contributed by atoms with van der Waals surface area (Å²) in [6, 6.07) is 1.78. The van der Waals surface area contributed by atoms with Crippen molar-refractivity contribution in [3.8, 4) is 0 Å². The minimum Gasteiger partial charge on any atom is -0.386 e. The van der Waals surface area contributed by atoms with Gasteiger partial charge in [-0.05, 0) is 13.0 Å². The molecular formula is C5H9ClN4. The van der Waals surface area contributed by atoms with Gasteiger partial charge in [0.25, 0.3) is 0 Å². The van der Waals surface area contributed by atoms with Crippen LogP contribution in [-0.2, 0) is 0 Å². The Morgan fingerprint density at radius 3 is 2.80 bits per heavy atom. The topological polar surface area (TPSA) is 56.2 Å². The monoisotopic (exact) mass is 160 g/mol. The summed E-state index contributed by atoms with van der Waals surface area (Å²) >= 11 is 0. The molecule has 0 aliphatic rings. The lowest BCUT2D eigenvalue weighted by molar-refractivity contribution is 0.738. The van der Waals surface area contributed by atoms with Gasteiger partial charge in [0.1, 0.15) is 5.84 Å². The molecule has 5 heteroatoms. The van der Waals surface area contributed by atoms with E-state index in [2.05, 4.69) is 10.2 Å². The molecule has 0 aliphatic heterocycles. The first-order chi connectivity index (χ1) is 4.29. The highest BCUT2D eigenvalue weighted by Crippen LogP contribution is 1.81. The van der Waals surface area contributed by atoms with Crippen LogP contribution >= 0.6 is 12.4 Å². The Hall–Kier alpha value is -1.03. The third-order valence-electron chi connectivity index (χ3n) is 0.751. The van der Waals surface area contributed by atoms with Gasteiger partial charge in [-0.3, -0.25) is 0 Å². The average Bonchev–Trinajstić information content (AvgIpc) is 2.15. The van der Waals surface area contributed by atoms with Crippen LogP contribution in [0.5, 0.6) is 0 Å². The van der Waals surface area contributed by atoms with E-state index in [0.29, 0.717) is 5.84 Å². The summed E-state index contributed by atoms with van der Waals surface area (Å²) in [4.78, 5) is 1.41. The van der Waals surface area contributed by atoms with Crippen molar-refractivity contribution < 1.29 is 0 Å². The third kappa shape index (κ3) is 2.50. The molecule has 2 N–H and O–H groups in total. The van der Waals surface area contributed by atoms with Crippen LogP contribution in [-0.4, -0.2) is 15.7 Å². The predicted octanol–water partition coefficient (Wildman–Crippen LogP) is 0.445. The van der Waals surface area contributed by atoms with Crippen LogP contribution in [0.4, 0.5) is 0 Å². The molecule has 0 atom stereocenters. The quantitative estimate of drug-likeness (QED) is 0.479. The summed E-state index contributed by atoms with van der Waals surface area (Å²) in [6.07, 6.45) is 3.36. The third-order valence-corrected chi connectivity index (χ3v) is 0.751. The van der Waals surface area contributed by atoms with Crippen LogP contribution in [0.25, 0.3) is 0 Å². The molecule has 10 heavy (non-hydrogen) atoms. The van der Waals surface area contributed by atoms with Crippen molar-refractivity contribution in [2.45, 2.75) is 6.92 Å². The number of halogens is 1. The van der Waals surface area contributed by atoms with Crippen LogP contribution in [0.15, 0.2) is 23.6 Å². The minimum absolute atomic E-state index is 0. The van der Waals surface area contributed by atoms with Gasteiger partial charge in [-0.25, -0.2) is 0 Å². The summed E-state index contributed by atoms with van der Waals surface area (Å²) in [5, 5.41) is 7.62. The zero-order valence-electron chi connectivity index (χ0n) is 5.56. The van der Waals surface area contributed by atoms with E-state index in [-0.39, 0.29) is 12.4 Å². The summed E-state index contributed by atoms with van der Waals surface area (Å²) in [6.45, 7) is 1.71.